The molecule has 20 heavy (non-hydrogen) atoms. The first-order chi connectivity index (χ1) is 9.36. The molecule has 1 rings (SSSR count). The van der Waals surface area contributed by atoms with E-state index in [0.29, 0.717) is 31.5 Å². The molecule has 0 aliphatic heterocycles. The van der Waals surface area contributed by atoms with Gasteiger partial charge in [-0.1, -0.05) is 0 Å². The molecule has 0 unspecified atom stereocenters. The average molecular weight is 293 g/mol. The van der Waals surface area contributed by atoms with E-state index in [9.17, 15) is 23.3 Å². The number of halogens is 3. The first-order valence-corrected chi connectivity index (χ1v) is 5.92. The topological polar surface area (TPSA) is 88.3 Å². The van der Waals surface area contributed by atoms with Gasteiger partial charge < -0.3 is 10.4 Å². The number of anilines is 1. The van der Waals surface area contributed by atoms with Crippen LogP contribution in [0.1, 0.15) is 25.0 Å². The van der Waals surface area contributed by atoms with Crippen LogP contribution in [0, 0.1) is 10.1 Å². The molecule has 9 heteroatoms. The fourth-order valence-electron chi connectivity index (χ4n) is 1.53. The average Bonchev–Trinajstić information content (AvgIpc) is 2.37. The number of nitrogens with one attached hydrogen (secondary N) is 1. The van der Waals surface area contributed by atoms with E-state index in [1.807, 2.05) is 0 Å². The molecule has 0 aromatic carbocycles. The van der Waals surface area contributed by atoms with Gasteiger partial charge in [0.15, 0.2) is 0 Å². The summed E-state index contributed by atoms with van der Waals surface area (Å²) in [6.07, 6.45) is -2.22. The molecule has 1 aromatic rings. The van der Waals surface area contributed by atoms with E-state index >= 15 is 0 Å². The molecule has 0 amide bonds. The number of aliphatic hydroxyl groups excluding tert-OH is 1. The van der Waals surface area contributed by atoms with Gasteiger partial charge in [-0.15, -0.1) is 0 Å². The maximum atomic E-state index is 12.5. The van der Waals surface area contributed by atoms with Crippen LogP contribution in [0.15, 0.2) is 12.3 Å². The Hall–Kier alpha value is -1.90. The lowest BCUT2D eigenvalue weighted by Crippen LogP contribution is -2.11. The molecule has 112 valence electrons. The van der Waals surface area contributed by atoms with Crippen molar-refractivity contribution in [2.75, 3.05) is 18.5 Å². The van der Waals surface area contributed by atoms with E-state index in [1.165, 1.54) is 0 Å². The number of alkyl halides is 3. The highest BCUT2D eigenvalue weighted by Crippen LogP contribution is 2.32. The van der Waals surface area contributed by atoms with Crippen LogP contribution in [0.4, 0.5) is 24.5 Å². The van der Waals surface area contributed by atoms with E-state index in [0.717, 1.165) is 0 Å². The fourth-order valence-corrected chi connectivity index (χ4v) is 1.53. The summed E-state index contributed by atoms with van der Waals surface area (Å²) in [6.45, 7) is 0.315. The van der Waals surface area contributed by atoms with Crippen LogP contribution in [-0.4, -0.2) is 28.2 Å². The Balaban J connectivity index is 2.81. The molecule has 1 aromatic heterocycles. The second kappa shape index (κ2) is 7.04. The van der Waals surface area contributed by atoms with Gasteiger partial charge >= 0.3 is 11.9 Å². The van der Waals surface area contributed by atoms with Crippen LogP contribution in [0.3, 0.4) is 0 Å². The summed E-state index contributed by atoms with van der Waals surface area (Å²) >= 11 is 0. The Morgan fingerprint density at radius 1 is 1.35 bits per heavy atom. The minimum Gasteiger partial charge on any atom is -0.396 e. The maximum Gasteiger partial charge on any atom is 0.433 e. The van der Waals surface area contributed by atoms with Crippen molar-refractivity contribution < 1.29 is 23.2 Å². The highest BCUT2D eigenvalue weighted by atomic mass is 19.4. The zero-order valence-corrected chi connectivity index (χ0v) is 10.5. The van der Waals surface area contributed by atoms with Gasteiger partial charge in [-0.25, -0.2) is 4.98 Å². The fraction of sp³-hybridized carbons (Fsp3) is 0.545. The minimum absolute atomic E-state index is 0.0353. The first kappa shape index (κ1) is 16.2. The van der Waals surface area contributed by atoms with Crippen molar-refractivity contribution in [1.82, 2.24) is 4.98 Å². The van der Waals surface area contributed by atoms with Gasteiger partial charge in [0.2, 0.25) is 0 Å². The summed E-state index contributed by atoms with van der Waals surface area (Å²) in [7, 11) is 0. The van der Waals surface area contributed by atoms with Crippen molar-refractivity contribution in [3.8, 4) is 0 Å². The molecular formula is C11H14F3N3O3. The van der Waals surface area contributed by atoms with Gasteiger partial charge in [-0.2, -0.15) is 13.2 Å². The van der Waals surface area contributed by atoms with Gasteiger partial charge in [0, 0.05) is 13.2 Å². The lowest BCUT2D eigenvalue weighted by molar-refractivity contribution is -0.384. The number of nitro groups is 1. The molecule has 0 radical (unpaired) electrons. The molecule has 0 spiro atoms. The lowest BCUT2D eigenvalue weighted by atomic mass is 10.2. The van der Waals surface area contributed by atoms with E-state index in [2.05, 4.69) is 10.3 Å². The highest BCUT2D eigenvalue weighted by Gasteiger charge is 2.34. The Morgan fingerprint density at radius 2 is 2.05 bits per heavy atom. The van der Waals surface area contributed by atoms with Crippen molar-refractivity contribution in [3.63, 3.8) is 0 Å². The Morgan fingerprint density at radius 3 is 2.60 bits per heavy atom. The maximum absolute atomic E-state index is 12.5. The summed E-state index contributed by atoms with van der Waals surface area (Å²) in [5.41, 5.74) is -1.89. The number of aliphatic hydroxyl groups is 1. The molecule has 0 saturated carbocycles. The smallest absolute Gasteiger partial charge is 0.396 e. The highest BCUT2D eigenvalue weighted by molar-refractivity contribution is 5.61. The van der Waals surface area contributed by atoms with Crippen molar-refractivity contribution in [3.05, 3.63) is 28.1 Å². The molecule has 1 heterocycles. The quantitative estimate of drug-likeness (QED) is 0.458. The number of hydrogen-bond donors (Lipinski definition) is 2. The monoisotopic (exact) mass is 293 g/mol. The van der Waals surface area contributed by atoms with E-state index in [1.54, 1.807) is 0 Å². The zero-order chi connectivity index (χ0) is 15.2. The predicted molar refractivity (Wildman–Crippen MR) is 65.3 cm³/mol. The van der Waals surface area contributed by atoms with Gasteiger partial charge in [-0.05, 0) is 25.3 Å². The Bertz CT molecular complexity index is 466. The molecule has 0 saturated heterocycles. The largest absolute Gasteiger partial charge is 0.433 e. The number of aromatic nitrogens is 1. The number of unbranched alkanes of at least 4 members (excludes halogenated alkanes) is 2. The molecule has 0 bridgehead atoms. The van der Waals surface area contributed by atoms with E-state index < -0.39 is 22.5 Å². The van der Waals surface area contributed by atoms with Gasteiger partial charge in [0.1, 0.15) is 17.6 Å². The molecule has 0 aliphatic rings. The SMILES string of the molecule is O=[N+]([O-])c1cnc(C(F)(F)F)cc1NCCCCCO. The lowest BCUT2D eigenvalue weighted by Gasteiger charge is -2.10. The molecule has 0 atom stereocenters. The van der Waals surface area contributed by atoms with Crippen molar-refractivity contribution >= 4 is 11.4 Å². The molecule has 2 N–H and O–H groups in total. The van der Waals surface area contributed by atoms with Crippen molar-refractivity contribution in [2.45, 2.75) is 25.4 Å². The molecular weight excluding hydrogens is 279 g/mol. The van der Waals surface area contributed by atoms with Crippen molar-refractivity contribution in [2.24, 2.45) is 0 Å². The predicted octanol–water partition coefficient (Wildman–Crippen LogP) is 2.58. The van der Waals surface area contributed by atoms with Gasteiger partial charge in [-0.3, -0.25) is 10.1 Å². The standard InChI is InChI=1S/C11H14F3N3O3/c12-11(13,14)10-6-8(9(7-16-10)17(19)20)15-4-2-1-3-5-18/h6-7,18H,1-5H2,(H,15,16). The third kappa shape index (κ3) is 4.65. The minimum atomic E-state index is -4.65. The summed E-state index contributed by atoms with van der Waals surface area (Å²) in [6, 6.07) is 0.629. The second-order valence-electron chi connectivity index (χ2n) is 4.05. The number of hydrogen-bond acceptors (Lipinski definition) is 5. The van der Waals surface area contributed by atoms with Crippen LogP contribution in [0.5, 0.6) is 0 Å². The van der Waals surface area contributed by atoms with Crippen LogP contribution in [0.2, 0.25) is 0 Å². The van der Waals surface area contributed by atoms with Gasteiger partial charge in [0.05, 0.1) is 4.92 Å². The van der Waals surface area contributed by atoms with Gasteiger partial charge in [0.25, 0.3) is 0 Å². The third-order valence-corrected chi connectivity index (χ3v) is 2.52. The van der Waals surface area contributed by atoms with E-state index in [-0.39, 0.29) is 18.8 Å². The summed E-state index contributed by atoms with van der Waals surface area (Å²) in [5, 5.41) is 21.9. The van der Waals surface area contributed by atoms with Crippen LogP contribution < -0.4 is 5.32 Å². The number of pyridine rings is 1. The number of rotatable bonds is 7. The van der Waals surface area contributed by atoms with Crippen LogP contribution in [0.25, 0.3) is 0 Å². The zero-order valence-electron chi connectivity index (χ0n) is 10.5. The van der Waals surface area contributed by atoms with E-state index in [4.69, 9.17) is 5.11 Å². The second-order valence-corrected chi connectivity index (χ2v) is 4.05. The Labute approximate surface area is 112 Å². The summed E-state index contributed by atoms with van der Waals surface area (Å²) in [4.78, 5) is 13.0. The number of nitrogens with zero attached hydrogens (tertiary/aromatic N) is 2. The summed E-state index contributed by atoms with van der Waals surface area (Å²) < 4.78 is 37.5. The van der Waals surface area contributed by atoms with Crippen LogP contribution >= 0.6 is 0 Å². The molecule has 0 aliphatic carbocycles. The first-order valence-electron chi connectivity index (χ1n) is 5.92. The van der Waals surface area contributed by atoms with Crippen molar-refractivity contribution in [1.29, 1.82) is 0 Å². The molecule has 6 nitrogen and oxygen atoms in total. The third-order valence-electron chi connectivity index (χ3n) is 2.52. The van der Waals surface area contributed by atoms with Crippen LogP contribution in [-0.2, 0) is 6.18 Å². The molecule has 0 fully saturated rings. The summed E-state index contributed by atoms with van der Waals surface area (Å²) in [5.74, 6) is 0. The normalized spacial score (nSPS) is 11.4. The Kier molecular flexibility index (Phi) is 5.68.